The first kappa shape index (κ1) is 24.0. The maximum absolute atomic E-state index is 12.9. The zero-order valence-electron chi connectivity index (χ0n) is 19.8. The summed E-state index contributed by atoms with van der Waals surface area (Å²) in [5.74, 6) is -0.323. The highest BCUT2D eigenvalue weighted by molar-refractivity contribution is 7.22. The fourth-order valence-electron chi connectivity index (χ4n) is 4.43. The number of nitrogens with one attached hydrogen (secondary N) is 3. The van der Waals surface area contributed by atoms with Crippen LogP contribution in [0.25, 0.3) is 10.2 Å². The molecule has 1 amide bonds. The molecular weight excluding hydrogens is 488 g/mol. The van der Waals surface area contributed by atoms with Gasteiger partial charge in [-0.05, 0) is 44.7 Å². The van der Waals surface area contributed by atoms with E-state index in [9.17, 15) is 9.59 Å². The topological polar surface area (TPSA) is 112 Å². The molecule has 2 atom stereocenters. The van der Waals surface area contributed by atoms with Gasteiger partial charge in [0.05, 0.1) is 28.1 Å². The summed E-state index contributed by atoms with van der Waals surface area (Å²) in [5, 5.41) is 8.07. The molecule has 1 aliphatic carbocycles. The number of hydrogen-bond donors (Lipinski definition) is 3. The number of thiazole rings is 1. The lowest BCUT2D eigenvalue weighted by Crippen LogP contribution is -2.60. The number of piperidine rings is 1. The maximum Gasteiger partial charge on any atom is 0.339 e. The van der Waals surface area contributed by atoms with Crippen LogP contribution >= 0.6 is 22.9 Å². The fraction of sp³-hybridized carbons (Fsp3) is 0.500. The average Bonchev–Trinajstić information content (AvgIpc) is 3.42. The van der Waals surface area contributed by atoms with Crippen molar-refractivity contribution in [3.63, 3.8) is 0 Å². The highest BCUT2D eigenvalue weighted by atomic mass is 35.5. The number of aromatic nitrogens is 3. The summed E-state index contributed by atoms with van der Waals surface area (Å²) in [6.07, 6.45) is 3.74. The number of ether oxygens (including phenoxy) is 1. The zero-order chi connectivity index (χ0) is 24.5. The quantitative estimate of drug-likeness (QED) is 0.392. The average molecular weight is 517 g/mol. The molecule has 1 aliphatic heterocycles. The summed E-state index contributed by atoms with van der Waals surface area (Å²) in [6, 6.07) is 6.04. The second kappa shape index (κ2) is 10.1. The number of aryl methyl sites for hydroxylation is 1. The molecule has 1 aromatic carbocycles. The van der Waals surface area contributed by atoms with Crippen LogP contribution in [0.3, 0.4) is 0 Å². The lowest BCUT2D eigenvalue weighted by Gasteiger charge is -2.39. The molecule has 3 aromatic rings. The molecule has 2 fully saturated rings. The Labute approximate surface area is 212 Å². The van der Waals surface area contributed by atoms with Gasteiger partial charge >= 0.3 is 5.97 Å². The largest absolute Gasteiger partial charge is 0.462 e. The molecule has 0 radical (unpaired) electrons. The third-order valence-electron chi connectivity index (χ3n) is 6.42. The van der Waals surface area contributed by atoms with Gasteiger partial charge in [0.1, 0.15) is 0 Å². The molecule has 0 spiro atoms. The number of carbonyl (C=O) groups is 2. The van der Waals surface area contributed by atoms with E-state index in [1.165, 1.54) is 11.3 Å². The van der Waals surface area contributed by atoms with Gasteiger partial charge in [0.2, 0.25) is 0 Å². The van der Waals surface area contributed by atoms with Crippen LogP contribution in [-0.4, -0.2) is 64.7 Å². The van der Waals surface area contributed by atoms with Gasteiger partial charge in [-0.25, -0.2) is 14.8 Å². The zero-order valence-corrected chi connectivity index (χ0v) is 21.3. The van der Waals surface area contributed by atoms with Crippen LogP contribution in [0.1, 0.15) is 59.8 Å². The molecule has 5 rings (SSSR count). The number of carbonyl (C=O) groups excluding carboxylic acids is 2. The van der Waals surface area contributed by atoms with Crippen LogP contribution in [0.15, 0.2) is 18.2 Å². The number of H-pyrrole nitrogens is 1. The second-order valence-electron chi connectivity index (χ2n) is 8.94. The van der Waals surface area contributed by atoms with E-state index >= 15 is 0 Å². The van der Waals surface area contributed by atoms with E-state index in [4.69, 9.17) is 21.3 Å². The lowest BCUT2D eigenvalue weighted by molar-refractivity contribution is 0.0528. The number of nitrogens with zero attached hydrogens (tertiary/aromatic N) is 3. The highest BCUT2D eigenvalue weighted by Gasteiger charge is 2.36. The van der Waals surface area contributed by atoms with Crippen LogP contribution in [0.5, 0.6) is 0 Å². The monoisotopic (exact) mass is 516 g/mol. The molecule has 2 aliphatic rings. The molecule has 11 heteroatoms. The van der Waals surface area contributed by atoms with E-state index in [0.29, 0.717) is 36.3 Å². The van der Waals surface area contributed by atoms with E-state index in [1.54, 1.807) is 13.0 Å². The summed E-state index contributed by atoms with van der Waals surface area (Å²) in [6.45, 7) is 5.54. The molecule has 0 bridgehead atoms. The number of anilines is 1. The number of halogens is 1. The Balaban J connectivity index is 1.33. The summed E-state index contributed by atoms with van der Waals surface area (Å²) in [4.78, 5) is 39.6. The minimum atomic E-state index is -0.327. The van der Waals surface area contributed by atoms with Crippen LogP contribution in [0.4, 0.5) is 5.13 Å². The Kier molecular flexibility index (Phi) is 6.95. The molecule has 1 saturated carbocycles. The number of aromatic amines is 1. The molecule has 186 valence electrons. The first-order valence-corrected chi connectivity index (χ1v) is 13.3. The summed E-state index contributed by atoms with van der Waals surface area (Å²) < 4.78 is 6.06. The van der Waals surface area contributed by atoms with Gasteiger partial charge in [0.15, 0.2) is 16.1 Å². The van der Waals surface area contributed by atoms with Gasteiger partial charge in [-0.3, -0.25) is 4.79 Å². The smallest absolute Gasteiger partial charge is 0.339 e. The van der Waals surface area contributed by atoms with Crippen molar-refractivity contribution >= 4 is 50.2 Å². The summed E-state index contributed by atoms with van der Waals surface area (Å²) >= 11 is 7.64. The first-order valence-electron chi connectivity index (χ1n) is 12.1. The number of rotatable bonds is 8. The van der Waals surface area contributed by atoms with E-state index in [1.807, 2.05) is 19.1 Å². The van der Waals surface area contributed by atoms with Crippen LogP contribution in [-0.2, 0) is 11.2 Å². The predicted octanol–water partition coefficient (Wildman–Crippen LogP) is 3.54. The Morgan fingerprint density at radius 3 is 2.77 bits per heavy atom. The van der Waals surface area contributed by atoms with Gasteiger partial charge in [0.25, 0.3) is 5.91 Å². The number of esters is 1. The van der Waals surface area contributed by atoms with E-state index in [2.05, 4.69) is 25.5 Å². The number of benzene rings is 1. The Bertz CT molecular complexity index is 1240. The predicted molar refractivity (Wildman–Crippen MR) is 137 cm³/mol. The van der Waals surface area contributed by atoms with Crippen molar-refractivity contribution in [1.82, 2.24) is 25.6 Å². The standard InChI is InChI=1S/C24H29ClN6O3S/c1-3-15-20(25)30-21(27-15)22(32)28-16-10-11-31(12-18(16)26-13-8-9-13)24-29-17-7-5-6-14(19(17)35-24)23(33)34-4-2/h5-7,13,16,18,26H,3-4,8-12H2,1-2H3,(H,27,30)(H,28,32)/t16-,18-/m1/s1. The SMILES string of the molecule is CCOC(=O)c1cccc2nc(N3CC[C@@H](NC(=O)c4nc(Cl)c(CC)[nH]4)[C@H](NC4CC4)C3)sc12. The van der Waals surface area contributed by atoms with Crippen LogP contribution in [0.2, 0.25) is 5.15 Å². The van der Waals surface area contributed by atoms with Crippen molar-refractivity contribution in [3.8, 4) is 0 Å². The molecule has 9 nitrogen and oxygen atoms in total. The molecule has 3 heterocycles. The number of hydrogen-bond acceptors (Lipinski definition) is 8. The lowest BCUT2D eigenvalue weighted by atomic mass is 9.99. The molecular formula is C24H29ClN6O3S. The Morgan fingerprint density at radius 2 is 2.06 bits per heavy atom. The van der Waals surface area contributed by atoms with E-state index in [-0.39, 0.29) is 29.8 Å². The van der Waals surface area contributed by atoms with Gasteiger partial charge in [-0.2, -0.15) is 0 Å². The highest BCUT2D eigenvalue weighted by Crippen LogP contribution is 2.34. The van der Waals surface area contributed by atoms with E-state index in [0.717, 1.165) is 46.8 Å². The normalized spacial score (nSPS) is 20.3. The van der Waals surface area contributed by atoms with Gasteiger partial charge < -0.3 is 25.3 Å². The number of amides is 1. The fourth-order valence-corrected chi connectivity index (χ4v) is 5.80. The minimum Gasteiger partial charge on any atom is -0.462 e. The third kappa shape index (κ3) is 5.14. The Hall–Kier alpha value is -2.69. The van der Waals surface area contributed by atoms with E-state index < -0.39 is 0 Å². The van der Waals surface area contributed by atoms with Crippen molar-refractivity contribution in [2.45, 2.75) is 57.7 Å². The molecule has 35 heavy (non-hydrogen) atoms. The molecule has 1 saturated heterocycles. The first-order chi connectivity index (χ1) is 17.0. The van der Waals surface area contributed by atoms with Crippen molar-refractivity contribution in [2.75, 3.05) is 24.6 Å². The van der Waals surface area contributed by atoms with Gasteiger partial charge in [0, 0.05) is 31.2 Å². The van der Waals surface area contributed by atoms with Crippen molar-refractivity contribution in [2.24, 2.45) is 0 Å². The summed E-state index contributed by atoms with van der Waals surface area (Å²) in [5.41, 5.74) is 2.10. The van der Waals surface area contributed by atoms with Crippen LogP contribution in [0, 0.1) is 0 Å². The molecule has 2 aromatic heterocycles. The maximum atomic E-state index is 12.9. The second-order valence-corrected chi connectivity index (χ2v) is 10.3. The van der Waals surface area contributed by atoms with Gasteiger partial charge in [-0.1, -0.05) is 35.9 Å². The Morgan fingerprint density at radius 1 is 1.23 bits per heavy atom. The van der Waals surface area contributed by atoms with Gasteiger partial charge in [-0.15, -0.1) is 0 Å². The van der Waals surface area contributed by atoms with Crippen molar-refractivity contribution in [1.29, 1.82) is 0 Å². The third-order valence-corrected chi connectivity index (χ3v) is 7.90. The minimum absolute atomic E-state index is 0.0437. The van der Waals surface area contributed by atoms with Crippen molar-refractivity contribution < 1.29 is 14.3 Å². The molecule has 3 N–H and O–H groups in total. The molecule has 0 unspecified atom stereocenters. The number of fused-ring (bicyclic) bond motifs is 1. The summed E-state index contributed by atoms with van der Waals surface area (Å²) in [7, 11) is 0. The van der Waals surface area contributed by atoms with Crippen LogP contribution < -0.4 is 15.5 Å². The number of imidazole rings is 1. The van der Waals surface area contributed by atoms with Crippen molar-refractivity contribution in [3.05, 3.63) is 40.4 Å².